The summed E-state index contributed by atoms with van der Waals surface area (Å²) in [4.78, 5) is 12.5. The van der Waals surface area contributed by atoms with Crippen molar-refractivity contribution in [2.24, 2.45) is 0 Å². The van der Waals surface area contributed by atoms with E-state index in [1.165, 1.54) is 0 Å². The lowest BCUT2D eigenvalue weighted by molar-refractivity contribution is -0.173. The van der Waals surface area contributed by atoms with Crippen molar-refractivity contribution in [2.45, 2.75) is 32.0 Å². The van der Waals surface area contributed by atoms with Gasteiger partial charge in [-0.05, 0) is 25.3 Å². The van der Waals surface area contributed by atoms with Crippen LogP contribution in [0.1, 0.15) is 24.8 Å². The molecule has 0 radical (unpaired) electrons. The average molecular weight is 322 g/mol. The molecule has 1 heterocycles. The van der Waals surface area contributed by atoms with Gasteiger partial charge in [0, 0.05) is 31.3 Å². The molecule has 1 aliphatic heterocycles. The summed E-state index contributed by atoms with van der Waals surface area (Å²) in [5, 5.41) is 1.58. The van der Waals surface area contributed by atoms with Crippen LogP contribution in [0.3, 0.4) is 0 Å². The van der Waals surface area contributed by atoms with Crippen LogP contribution in [0.4, 0.5) is 27.6 Å². The van der Waals surface area contributed by atoms with Crippen LogP contribution >= 0.6 is 0 Å². The fourth-order valence-electron chi connectivity index (χ4n) is 2.37. The standard InChI is InChI=1S/C14H15F5N2O/c15-10-7-11(16)12(21-4-2-1-3-5-21)6-9(10)8-20-13(22)14(17,18)19/h6-7H,1-5,8H2,(H,20,22). The van der Waals surface area contributed by atoms with Crippen LogP contribution in [0, 0.1) is 11.6 Å². The molecule has 0 aromatic heterocycles. The lowest BCUT2D eigenvalue weighted by Crippen LogP contribution is -2.36. The van der Waals surface area contributed by atoms with Crippen molar-refractivity contribution in [3.05, 3.63) is 29.3 Å². The number of amides is 1. The number of benzene rings is 1. The second kappa shape index (κ2) is 6.50. The molecule has 0 spiro atoms. The Hall–Kier alpha value is -1.86. The van der Waals surface area contributed by atoms with Crippen LogP contribution in [0.5, 0.6) is 0 Å². The molecule has 22 heavy (non-hydrogen) atoms. The number of hydrogen-bond acceptors (Lipinski definition) is 2. The van der Waals surface area contributed by atoms with E-state index < -0.39 is 30.3 Å². The van der Waals surface area contributed by atoms with Crippen molar-refractivity contribution in [1.29, 1.82) is 0 Å². The summed E-state index contributed by atoms with van der Waals surface area (Å²) < 4.78 is 63.8. The summed E-state index contributed by atoms with van der Waals surface area (Å²) in [7, 11) is 0. The van der Waals surface area contributed by atoms with Crippen LogP contribution in [-0.4, -0.2) is 25.2 Å². The van der Waals surface area contributed by atoms with Crippen molar-refractivity contribution in [1.82, 2.24) is 5.32 Å². The van der Waals surface area contributed by atoms with E-state index in [4.69, 9.17) is 0 Å². The molecule has 1 fully saturated rings. The minimum absolute atomic E-state index is 0.150. The van der Waals surface area contributed by atoms with Crippen LogP contribution in [0.25, 0.3) is 0 Å². The molecular weight excluding hydrogens is 307 g/mol. The SMILES string of the molecule is O=C(NCc1cc(N2CCCCC2)c(F)cc1F)C(F)(F)F. The maximum Gasteiger partial charge on any atom is 0.471 e. The van der Waals surface area contributed by atoms with Crippen molar-refractivity contribution >= 4 is 11.6 Å². The first-order valence-electron chi connectivity index (χ1n) is 6.87. The number of nitrogens with one attached hydrogen (secondary N) is 1. The number of hydrogen-bond donors (Lipinski definition) is 1. The Balaban J connectivity index is 2.15. The number of anilines is 1. The Kier molecular flexibility index (Phi) is 4.87. The van der Waals surface area contributed by atoms with E-state index >= 15 is 0 Å². The minimum Gasteiger partial charge on any atom is -0.369 e. The molecule has 1 amide bonds. The van der Waals surface area contributed by atoms with Crippen LogP contribution in [-0.2, 0) is 11.3 Å². The Morgan fingerprint density at radius 2 is 1.73 bits per heavy atom. The summed E-state index contributed by atoms with van der Waals surface area (Å²) in [5.74, 6) is -3.90. The molecule has 0 unspecified atom stereocenters. The van der Waals surface area contributed by atoms with Crippen molar-refractivity contribution < 1.29 is 26.7 Å². The fourth-order valence-corrected chi connectivity index (χ4v) is 2.37. The van der Waals surface area contributed by atoms with E-state index in [2.05, 4.69) is 0 Å². The molecule has 122 valence electrons. The first kappa shape index (κ1) is 16.5. The second-order valence-electron chi connectivity index (χ2n) is 5.12. The molecule has 0 bridgehead atoms. The molecule has 3 nitrogen and oxygen atoms in total. The monoisotopic (exact) mass is 322 g/mol. The second-order valence-corrected chi connectivity index (χ2v) is 5.12. The third kappa shape index (κ3) is 3.86. The Labute approximate surface area is 124 Å². The molecule has 0 aliphatic carbocycles. The predicted octanol–water partition coefficient (Wildman–Crippen LogP) is 3.13. The van der Waals surface area contributed by atoms with Crippen LogP contribution in [0.15, 0.2) is 12.1 Å². The zero-order valence-corrected chi connectivity index (χ0v) is 11.6. The fraction of sp³-hybridized carbons (Fsp3) is 0.500. The van der Waals surface area contributed by atoms with Gasteiger partial charge in [-0.15, -0.1) is 0 Å². The zero-order valence-electron chi connectivity index (χ0n) is 11.6. The van der Waals surface area contributed by atoms with Gasteiger partial charge in [0.05, 0.1) is 5.69 Å². The third-order valence-corrected chi connectivity index (χ3v) is 3.51. The molecule has 1 saturated heterocycles. The summed E-state index contributed by atoms with van der Waals surface area (Å²) in [6.45, 7) is 0.569. The van der Waals surface area contributed by atoms with E-state index in [0.29, 0.717) is 19.2 Å². The van der Waals surface area contributed by atoms with Gasteiger partial charge < -0.3 is 10.2 Å². The average Bonchev–Trinajstić information content (AvgIpc) is 2.46. The highest BCUT2D eigenvalue weighted by Gasteiger charge is 2.38. The third-order valence-electron chi connectivity index (χ3n) is 3.51. The van der Waals surface area contributed by atoms with Gasteiger partial charge in [0.2, 0.25) is 0 Å². The lowest BCUT2D eigenvalue weighted by Gasteiger charge is -2.29. The highest BCUT2D eigenvalue weighted by molar-refractivity contribution is 5.81. The molecule has 1 aliphatic rings. The van der Waals surface area contributed by atoms with Crippen LogP contribution < -0.4 is 10.2 Å². The first-order valence-corrected chi connectivity index (χ1v) is 6.87. The summed E-state index contributed by atoms with van der Waals surface area (Å²) in [6.07, 6.45) is -2.27. The highest BCUT2D eigenvalue weighted by Crippen LogP contribution is 2.26. The normalized spacial score (nSPS) is 15.8. The predicted molar refractivity (Wildman–Crippen MR) is 70.3 cm³/mol. The van der Waals surface area contributed by atoms with Gasteiger partial charge >= 0.3 is 12.1 Å². The molecule has 8 heteroatoms. The van der Waals surface area contributed by atoms with Crippen LogP contribution in [0.2, 0.25) is 0 Å². The van der Waals surface area contributed by atoms with Gasteiger partial charge in [-0.1, -0.05) is 0 Å². The Bertz CT molecular complexity index is 553. The van der Waals surface area contributed by atoms with Gasteiger partial charge in [-0.3, -0.25) is 4.79 Å². The van der Waals surface area contributed by atoms with Crippen molar-refractivity contribution in [3.8, 4) is 0 Å². The molecule has 1 aromatic rings. The van der Waals surface area contributed by atoms with E-state index in [1.807, 2.05) is 0 Å². The number of alkyl halides is 3. The Morgan fingerprint density at radius 1 is 1.09 bits per heavy atom. The quantitative estimate of drug-likeness (QED) is 0.867. The molecule has 0 atom stereocenters. The van der Waals surface area contributed by atoms with Gasteiger partial charge in [0.25, 0.3) is 0 Å². The zero-order chi connectivity index (χ0) is 16.3. The summed E-state index contributed by atoms with van der Waals surface area (Å²) in [6, 6.07) is 1.80. The molecule has 2 rings (SSSR count). The number of carbonyl (C=O) groups excluding carboxylic acids is 1. The number of nitrogens with zero attached hydrogens (tertiary/aromatic N) is 1. The topological polar surface area (TPSA) is 32.3 Å². The summed E-state index contributed by atoms with van der Waals surface area (Å²) >= 11 is 0. The maximum atomic E-state index is 13.9. The largest absolute Gasteiger partial charge is 0.471 e. The number of halogens is 5. The van der Waals surface area contributed by atoms with E-state index in [0.717, 1.165) is 25.3 Å². The first-order chi connectivity index (χ1) is 10.3. The number of piperidine rings is 1. The van der Waals surface area contributed by atoms with Gasteiger partial charge in [0.1, 0.15) is 11.6 Å². The Morgan fingerprint density at radius 3 is 2.32 bits per heavy atom. The molecular formula is C14H15F5N2O. The minimum atomic E-state index is -5.04. The van der Waals surface area contributed by atoms with E-state index in [9.17, 15) is 26.7 Å². The van der Waals surface area contributed by atoms with E-state index in [-0.39, 0.29) is 11.3 Å². The van der Waals surface area contributed by atoms with Gasteiger partial charge in [-0.25, -0.2) is 8.78 Å². The van der Waals surface area contributed by atoms with Crippen molar-refractivity contribution in [3.63, 3.8) is 0 Å². The number of carbonyl (C=O) groups is 1. The van der Waals surface area contributed by atoms with Gasteiger partial charge in [0.15, 0.2) is 0 Å². The molecule has 1 N–H and O–H groups in total. The number of rotatable bonds is 3. The highest BCUT2D eigenvalue weighted by atomic mass is 19.4. The van der Waals surface area contributed by atoms with Crippen molar-refractivity contribution in [2.75, 3.05) is 18.0 Å². The lowest BCUT2D eigenvalue weighted by atomic mass is 10.1. The van der Waals surface area contributed by atoms with E-state index in [1.54, 1.807) is 10.2 Å². The van der Waals surface area contributed by atoms with Gasteiger partial charge in [-0.2, -0.15) is 13.2 Å². The molecule has 0 saturated carbocycles. The molecule has 1 aromatic carbocycles. The maximum absolute atomic E-state index is 13.9. The smallest absolute Gasteiger partial charge is 0.369 e. The summed E-state index contributed by atoms with van der Waals surface area (Å²) in [5.41, 5.74) is -0.0306.